The first kappa shape index (κ1) is 13.3. The van der Waals surface area contributed by atoms with Crippen LogP contribution >= 0.6 is 0 Å². The van der Waals surface area contributed by atoms with Gasteiger partial charge in [0, 0.05) is 19.6 Å². The molecule has 2 heterocycles. The van der Waals surface area contributed by atoms with Crippen molar-refractivity contribution in [3.05, 3.63) is 0 Å². The monoisotopic (exact) mass is 240 g/mol. The van der Waals surface area contributed by atoms with Crippen molar-refractivity contribution >= 4 is 0 Å². The van der Waals surface area contributed by atoms with Crippen LogP contribution in [0.5, 0.6) is 0 Å². The molecule has 2 aliphatic rings. The Morgan fingerprint density at radius 1 is 1.06 bits per heavy atom. The van der Waals surface area contributed by atoms with Crippen LogP contribution in [0.2, 0.25) is 0 Å². The Hall–Kier alpha value is -0.120. The third-order valence-electron chi connectivity index (χ3n) is 4.60. The molecule has 100 valence electrons. The molecule has 0 saturated carbocycles. The van der Waals surface area contributed by atoms with E-state index >= 15 is 0 Å². The average molecular weight is 240 g/mol. The predicted molar refractivity (Wildman–Crippen MR) is 71.1 cm³/mol. The number of piperidine rings is 1. The molecule has 0 aliphatic carbocycles. The normalized spacial score (nSPS) is 30.9. The molecular formula is C14H28N2O. The largest absolute Gasteiger partial charge is 0.393 e. The van der Waals surface area contributed by atoms with Crippen molar-refractivity contribution in [2.45, 2.75) is 39.2 Å². The van der Waals surface area contributed by atoms with Crippen LogP contribution in [0, 0.1) is 11.8 Å². The van der Waals surface area contributed by atoms with Crippen LogP contribution in [0.4, 0.5) is 0 Å². The van der Waals surface area contributed by atoms with E-state index in [0.717, 1.165) is 12.5 Å². The topological polar surface area (TPSA) is 26.7 Å². The third-order valence-corrected chi connectivity index (χ3v) is 4.60. The van der Waals surface area contributed by atoms with Gasteiger partial charge in [0.2, 0.25) is 0 Å². The molecule has 3 nitrogen and oxygen atoms in total. The molecule has 1 N–H and O–H groups in total. The van der Waals surface area contributed by atoms with Crippen LogP contribution in [0.1, 0.15) is 33.1 Å². The van der Waals surface area contributed by atoms with E-state index in [1.54, 1.807) is 0 Å². The van der Waals surface area contributed by atoms with E-state index in [1.807, 2.05) is 6.92 Å². The molecule has 0 aromatic rings. The molecule has 0 amide bonds. The van der Waals surface area contributed by atoms with Gasteiger partial charge in [-0.05, 0) is 57.7 Å². The number of aliphatic hydroxyl groups excluding tert-OH is 1. The SMILES string of the molecule is CC1CCN(CCN2CCC(C(C)O)C2)CC1. The average Bonchev–Trinajstić information content (AvgIpc) is 2.77. The van der Waals surface area contributed by atoms with Gasteiger partial charge < -0.3 is 14.9 Å². The van der Waals surface area contributed by atoms with Gasteiger partial charge in [0.25, 0.3) is 0 Å². The van der Waals surface area contributed by atoms with Crippen LogP contribution in [0.15, 0.2) is 0 Å². The van der Waals surface area contributed by atoms with Crippen LogP contribution in [0.25, 0.3) is 0 Å². The van der Waals surface area contributed by atoms with Gasteiger partial charge in [-0.3, -0.25) is 0 Å². The maximum absolute atomic E-state index is 9.58. The van der Waals surface area contributed by atoms with E-state index in [9.17, 15) is 5.11 Å². The van der Waals surface area contributed by atoms with Crippen LogP contribution in [-0.4, -0.2) is 60.3 Å². The molecule has 0 aromatic carbocycles. The number of aliphatic hydroxyl groups is 1. The minimum atomic E-state index is -0.129. The van der Waals surface area contributed by atoms with Gasteiger partial charge in [-0.2, -0.15) is 0 Å². The lowest BCUT2D eigenvalue weighted by molar-refractivity contribution is 0.123. The Kier molecular flexibility index (Phi) is 4.83. The molecular weight excluding hydrogens is 212 g/mol. The van der Waals surface area contributed by atoms with Crippen molar-refractivity contribution in [3.8, 4) is 0 Å². The summed E-state index contributed by atoms with van der Waals surface area (Å²) in [4.78, 5) is 5.13. The minimum Gasteiger partial charge on any atom is -0.393 e. The van der Waals surface area contributed by atoms with Gasteiger partial charge in [-0.1, -0.05) is 6.92 Å². The lowest BCUT2D eigenvalue weighted by atomic mass is 9.99. The second-order valence-electron chi connectivity index (χ2n) is 6.11. The Balaban J connectivity index is 1.63. The maximum Gasteiger partial charge on any atom is 0.0552 e. The highest BCUT2D eigenvalue weighted by Gasteiger charge is 2.26. The molecule has 0 radical (unpaired) electrons. The zero-order valence-corrected chi connectivity index (χ0v) is 11.4. The smallest absolute Gasteiger partial charge is 0.0552 e. The summed E-state index contributed by atoms with van der Waals surface area (Å²) in [5.74, 6) is 1.44. The van der Waals surface area contributed by atoms with Crippen molar-refractivity contribution in [2.24, 2.45) is 11.8 Å². The standard InChI is InChI=1S/C14H28N2O/c1-12-3-6-15(7-4-12)9-10-16-8-5-14(11-16)13(2)17/h12-14,17H,3-11H2,1-2H3. The molecule has 0 spiro atoms. The Labute approximate surface area is 106 Å². The lowest BCUT2D eigenvalue weighted by Crippen LogP contribution is -2.39. The number of rotatable bonds is 4. The number of likely N-dealkylation sites (tertiary alicyclic amines) is 2. The molecule has 2 saturated heterocycles. The summed E-state index contributed by atoms with van der Waals surface area (Å²) in [6.45, 7) is 11.6. The maximum atomic E-state index is 9.58. The van der Waals surface area contributed by atoms with Gasteiger partial charge in [0.1, 0.15) is 0 Å². The first-order chi connectivity index (χ1) is 8.15. The van der Waals surface area contributed by atoms with Crippen molar-refractivity contribution in [1.29, 1.82) is 0 Å². The van der Waals surface area contributed by atoms with Gasteiger partial charge in [-0.15, -0.1) is 0 Å². The summed E-state index contributed by atoms with van der Waals surface area (Å²) in [5, 5.41) is 9.58. The van der Waals surface area contributed by atoms with E-state index in [0.29, 0.717) is 5.92 Å². The van der Waals surface area contributed by atoms with E-state index in [2.05, 4.69) is 16.7 Å². The van der Waals surface area contributed by atoms with Gasteiger partial charge in [0.15, 0.2) is 0 Å². The molecule has 3 heteroatoms. The van der Waals surface area contributed by atoms with E-state index in [-0.39, 0.29) is 6.10 Å². The molecule has 2 fully saturated rings. The van der Waals surface area contributed by atoms with E-state index in [1.165, 1.54) is 52.0 Å². The first-order valence-electron chi connectivity index (χ1n) is 7.28. The summed E-state index contributed by atoms with van der Waals surface area (Å²) >= 11 is 0. The van der Waals surface area contributed by atoms with E-state index < -0.39 is 0 Å². The fraction of sp³-hybridized carbons (Fsp3) is 1.00. The van der Waals surface area contributed by atoms with Crippen LogP contribution in [0.3, 0.4) is 0 Å². The number of nitrogens with zero attached hydrogens (tertiary/aromatic N) is 2. The summed E-state index contributed by atoms with van der Waals surface area (Å²) in [5.41, 5.74) is 0. The fourth-order valence-corrected chi connectivity index (χ4v) is 3.03. The zero-order chi connectivity index (χ0) is 12.3. The predicted octanol–water partition coefficient (Wildman–Crippen LogP) is 1.42. The van der Waals surface area contributed by atoms with E-state index in [4.69, 9.17) is 0 Å². The van der Waals surface area contributed by atoms with Crippen LogP contribution in [-0.2, 0) is 0 Å². The summed E-state index contributed by atoms with van der Waals surface area (Å²) in [6.07, 6.45) is 3.79. The molecule has 17 heavy (non-hydrogen) atoms. The summed E-state index contributed by atoms with van der Waals surface area (Å²) < 4.78 is 0. The highest BCUT2D eigenvalue weighted by molar-refractivity contribution is 4.80. The highest BCUT2D eigenvalue weighted by atomic mass is 16.3. The van der Waals surface area contributed by atoms with Crippen molar-refractivity contribution in [2.75, 3.05) is 39.3 Å². The zero-order valence-electron chi connectivity index (χ0n) is 11.4. The van der Waals surface area contributed by atoms with Crippen molar-refractivity contribution < 1.29 is 5.11 Å². The molecule has 0 aromatic heterocycles. The molecule has 2 aliphatic heterocycles. The molecule has 2 unspecified atom stereocenters. The van der Waals surface area contributed by atoms with Gasteiger partial charge >= 0.3 is 0 Å². The lowest BCUT2D eigenvalue weighted by Gasteiger charge is -2.31. The van der Waals surface area contributed by atoms with Crippen LogP contribution < -0.4 is 0 Å². The van der Waals surface area contributed by atoms with Gasteiger partial charge in [0.05, 0.1) is 6.10 Å². The molecule has 0 bridgehead atoms. The number of hydrogen-bond acceptors (Lipinski definition) is 3. The van der Waals surface area contributed by atoms with Crippen molar-refractivity contribution in [3.63, 3.8) is 0 Å². The Morgan fingerprint density at radius 2 is 1.65 bits per heavy atom. The Bertz CT molecular complexity index is 224. The number of hydrogen-bond donors (Lipinski definition) is 1. The van der Waals surface area contributed by atoms with Gasteiger partial charge in [-0.25, -0.2) is 0 Å². The minimum absolute atomic E-state index is 0.129. The fourth-order valence-electron chi connectivity index (χ4n) is 3.03. The molecule has 2 rings (SSSR count). The Morgan fingerprint density at radius 3 is 2.24 bits per heavy atom. The summed E-state index contributed by atoms with van der Waals surface area (Å²) in [7, 11) is 0. The van der Waals surface area contributed by atoms with Crippen molar-refractivity contribution in [1.82, 2.24) is 9.80 Å². The third kappa shape index (κ3) is 3.94. The quantitative estimate of drug-likeness (QED) is 0.805. The summed E-state index contributed by atoms with van der Waals surface area (Å²) in [6, 6.07) is 0. The first-order valence-corrected chi connectivity index (χ1v) is 7.28. The second kappa shape index (κ2) is 6.17. The highest BCUT2D eigenvalue weighted by Crippen LogP contribution is 2.20. The molecule has 2 atom stereocenters. The second-order valence-corrected chi connectivity index (χ2v) is 6.11.